The topological polar surface area (TPSA) is 69.2 Å². The van der Waals surface area contributed by atoms with Gasteiger partial charge in [0.2, 0.25) is 0 Å². The lowest BCUT2D eigenvalue weighted by atomic mass is 9.63. The van der Waals surface area contributed by atoms with Gasteiger partial charge >= 0.3 is 0 Å². The van der Waals surface area contributed by atoms with Crippen LogP contribution in [0.1, 0.15) is 42.6 Å². The summed E-state index contributed by atoms with van der Waals surface area (Å²) in [6.07, 6.45) is 0. The molecule has 1 aliphatic rings. The van der Waals surface area contributed by atoms with Crippen LogP contribution < -0.4 is 24.3 Å². The van der Waals surface area contributed by atoms with Crippen molar-refractivity contribution >= 4 is 0 Å². The summed E-state index contributed by atoms with van der Waals surface area (Å²) in [6, 6.07) is 16.7. The molecule has 3 aromatic carbocycles. The van der Waals surface area contributed by atoms with Crippen molar-refractivity contribution in [3.05, 3.63) is 83.2 Å². The van der Waals surface area contributed by atoms with Gasteiger partial charge in [0.15, 0.2) is 0 Å². The van der Waals surface area contributed by atoms with Crippen molar-refractivity contribution in [2.45, 2.75) is 31.5 Å². The van der Waals surface area contributed by atoms with Gasteiger partial charge in [-0.15, -0.1) is 0 Å². The number of aliphatic hydroxyl groups is 1. The molecule has 2 N–H and O–H groups in total. The number of ether oxygens (including phenoxy) is 4. The van der Waals surface area contributed by atoms with Crippen molar-refractivity contribution in [2.24, 2.45) is 11.8 Å². The summed E-state index contributed by atoms with van der Waals surface area (Å²) in [7, 11) is 6.47. The van der Waals surface area contributed by atoms with E-state index in [4.69, 9.17) is 18.9 Å². The maximum absolute atomic E-state index is 13.9. The fraction of sp³-hybridized carbons (Fsp3) is 0.379. The molecule has 3 aromatic rings. The molecule has 0 bridgehead atoms. The first-order valence-corrected chi connectivity index (χ1v) is 12.0. The quantitative estimate of drug-likeness (QED) is 0.457. The van der Waals surface area contributed by atoms with Crippen molar-refractivity contribution in [1.29, 1.82) is 0 Å². The molecular formula is C29H34FNO5. The van der Waals surface area contributed by atoms with Gasteiger partial charge in [-0.25, -0.2) is 4.39 Å². The number of benzene rings is 3. The van der Waals surface area contributed by atoms with Crippen LogP contribution >= 0.6 is 0 Å². The summed E-state index contributed by atoms with van der Waals surface area (Å²) < 4.78 is 36.3. The van der Waals surface area contributed by atoms with Crippen molar-refractivity contribution < 1.29 is 28.4 Å². The minimum Gasteiger partial charge on any atom is -0.497 e. The van der Waals surface area contributed by atoms with Gasteiger partial charge in [0.1, 0.15) is 28.8 Å². The van der Waals surface area contributed by atoms with Gasteiger partial charge in [0, 0.05) is 35.0 Å². The highest BCUT2D eigenvalue weighted by molar-refractivity contribution is 5.47. The lowest BCUT2D eigenvalue weighted by Crippen LogP contribution is -2.55. The van der Waals surface area contributed by atoms with E-state index in [1.807, 2.05) is 50.2 Å². The molecule has 0 spiro atoms. The van der Waals surface area contributed by atoms with E-state index < -0.39 is 5.60 Å². The predicted molar refractivity (Wildman–Crippen MR) is 136 cm³/mol. The summed E-state index contributed by atoms with van der Waals surface area (Å²) in [5.41, 5.74) is 1.02. The van der Waals surface area contributed by atoms with E-state index in [0.29, 0.717) is 28.6 Å². The minimum atomic E-state index is -1.32. The Bertz CT molecular complexity index is 1130. The predicted octanol–water partition coefficient (Wildman–Crippen LogP) is 5.41. The molecule has 6 nitrogen and oxygen atoms in total. The summed E-state index contributed by atoms with van der Waals surface area (Å²) in [5.74, 6) is 1.70. The Balaban J connectivity index is 1.94. The zero-order valence-corrected chi connectivity index (χ0v) is 21.5. The summed E-state index contributed by atoms with van der Waals surface area (Å²) in [5, 5.41) is 16.3. The van der Waals surface area contributed by atoms with E-state index >= 15 is 0 Å². The van der Waals surface area contributed by atoms with E-state index in [9.17, 15) is 9.50 Å². The molecule has 0 aromatic heterocycles. The van der Waals surface area contributed by atoms with Crippen molar-refractivity contribution in [2.75, 3.05) is 28.4 Å². The average Bonchev–Trinajstić information content (AvgIpc) is 2.91. The number of halogens is 1. The molecule has 4 atom stereocenters. The van der Waals surface area contributed by atoms with Crippen LogP contribution in [-0.4, -0.2) is 33.5 Å². The van der Waals surface area contributed by atoms with Crippen molar-refractivity contribution in [1.82, 2.24) is 5.32 Å². The molecule has 36 heavy (non-hydrogen) atoms. The van der Waals surface area contributed by atoms with E-state index in [-0.39, 0.29) is 29.7 Å². The molecule has 0 unspecified atom stereocenters. The minimum absolute atomic E-state index is 0.327. The molecule has 4 rings (SSSR count). The van der Waals surface area contributed by atoms with Crippen LogP contribution in [0, 0.1) is 17.7 Å². The molecule has 1 aliphatic heterocycles. The van der Waals surface area contributed by atoms with E-state index in [1.54, 1.807) is 40.6 Å². The third-order valence-corrected chi connectivity index (χ3v) is 7.60. The molecule has 0 radical (unpaired) electrons. The molecule has 0 saturated carbocycles. The Hall–Kier alpha value is -3.29. The molecule has 0 amide bonds. The second kappa shape index (κ2) is 10.4. The van der Waals surface area contributed by atoms with Crippen LogP contribution in [0.25, 0.3) is 0 Å². The van der Waals surface area contributed by atoms with Crippen LogP contribution in [0.3, 0.4) is 0 Å². The van der Waals surface area contributed by atoms with Crippen LogP contribution in [0.15, 0.2) is 60.7 Å². The average molecular weight is 496 g/mol. The van der Waals surface area contributed by atoms with E-state index in [2.05, 4.69) is 5.32 Å². The highest BCUT2D eigenvalue weighted by Gasteiger charge is 2.53. The number of methoxy groups -OCH3 is 4. The lowest BCUT2D eigenvalue weighted by molar-refractivity contribution is -0.118. The van der Waals surface area contributed by atoms with E-state index in [0.717, 1.165) is 11.1 Å². The monoisotopic (exact) mass is 495 g/mol. The number of hydrogen-bond donors (Lipinski definition) is 2. The highest BCUT2D eigenvalue weighted by atomic mass is 19.1. The Morgan fingerprint density at radius 1 is 0.694 bits per heavy atom. The van der Waals surface area contributed by atoms with Gasteiger partial charge in [-0.1, -0.05) is 26.0 Å². The number of piperidine rings is 1. The largest absolute Gasteiger partial charge is 0.497 e. The molecule has 1 fully saturated rings. The Morgan fingerprint density at radius 3 is 1.53 bits per heavy atom. The number of rotatable bonds is 7. The zero-order chi connectivity index (χ0) is 26.0. The summed E-state index contributed by atoms with van der Waals surface area (Å²) in [4.78, 5) is 0. The third kappa shape index (κ3) is 4.38. The van der Waals surface area contributed by atoms with Crippen molar-refractivity contribution in [3.63, 3.8) is 0 Å². The van der Waals surface area contributed by atoms with Gasteiger partial charge in [0.25, 0.3) is 0 Å². The number of hydrogen-bond acceptors (Lipinski definition) is 6. The maximum atomic E-state index is 13.9. The Labute approximate surface area is 212 Å². The molecule has 1 heterocycles. The first kappa shape index (κ1) is 25.8. The maximum Gasteiger partial charge on any atom is 0.123 e. The van der Waals surface area contributed by atoms with Crippen LogP contribution in [0.4, 0.5) is 4.39 Å². The van der Waals surface area contributed by atoms with Gasteiger partial charge in [-0.05, 0) is 54.1 Å². The smallest absolute Gasteiger partial charge is 0.123 e. The third-order valence-electron chi connectivity index (χ3n) is 7.60. The number of nitrogens with one attached hydrogen (secondary N) is 1. The fourth-order valence-electron chi connectivity index (χ4n) is 5.53. The van der Waals surface area contributed by atoms with Crippen molar-refractivity contribution in [3.8, 4) is 23.0 Å². The first-order valence-electron chi connectivity index (χ1n) is 12.0. The summed E-state index contributed by atoms with van der Waals surface area (Å²) >= 11 is 0. The van der Waals surface area contributed by atoms with Gasteiger partial charge in [-0.3, -0.25) is 0 Å². The van der Waals surface area contributed by atoms with Gasteiger partial charge in [-0.2, -0.15) is 0 Å². The van der Waals surface area contributed by atoms with Crippen LogP contribution in [0.2, 0.25) is 0 Å². The second-order valence-corrected chi connectivity index (χ2v) is 9.25. The summed E-state index contributed by atoms with van der Waals surface area (Å²) in [6.45, 7) is 3.99. The first-order chi connectivity index (χ1) is 17.3. The molecule has 1 saturated heterocycles. The molecule has 192 valence electrons. The Kier molecular flexibility index (Phi) is 7.43. The van der Waals surface area contributed by atoms with Crippen LogP contribution in [-0.2, 0) is 5.60 Å². The highest BCUT2D eigenvalue weighted by Crippen LogP contribution is 2.54. The fourth-order valence-corrected chi connectivity index (χ4v) is 5.53. The SMILES string of the molecule is COc1ccc(OC)c([C@@H]2N[C@@H](c3cc(OC)ccc3OC)[C@@H](C)C(O)(c3ccc(F)cc3)[C@@H]2C)c1. The molecule has 0 aliphatic carbocycles. The molecule has 7 heteroatoms. The second-order valence-electron chi connectivity index (χ2n) is 9.25. The van der Waals surface area contributed by atoms with Crippen LogP contribution in [0.5, 0.6) is 23.0 Å². The van der Waals surface area contributed by atoms with Gasteiger partial charge < -0.3 is 29.4 Å². The van der Waals surface area contributed by atoms with Gasteiger partial charge in [0.05, 0.1) is 34.0 Å². The Morgan fingerprint density at radius 2 is 1.14 bits per heavy atom. The zero-order valence-electron chi connectivity index (χ0n) is 21.5. The lowest BCUT2D eigenvalue weighted by Gasteiger charge is -2.52. The molecular weight excluding hydrogens is 461 g/mol. The normalized spacial score (nSPS) is 25.8. The standard InChI is InChI=1S/C29H34FNO5/c1-17-27(23-15-21(33-3)11-13-25(23)35-5)31-28(24-16-22(34-4)12-14-26(24)36-6)18(2)29(17,32)19-7-9-20(30)10-8-19/h7-18,27-28,31-32H,1-6H3/t17-,18-,27-,28-/m1/s1. The van der Waals surface area contributed by atoms with E-state index in [1.165, 1.54) is 12.1 Å².